The zero-order valence-electron chi connectivity index (χ0n) is 16.6. The van der Waals surface area contributed by atoms with Crippen molar-refractivity contribution in [2.45, 2.75) is 13.8 Å². The molecule has 0 aromatic carbocycles. The van der Waals surface area contributed by atoms with Gasteiger partial charge in [0, 0.05) is 5.33 Å². The second kappa shape index (κ2) is 18.8. The van der Waals surface area contributed by atoms with Gasteiger partial charge in [0.25, 0.3) is 0 Å². The fraction of sp³-hybridized carbons (Fsp3) is 0.579. The molecule has 0 aromatic heterocycles. The molecule has 0 bridgehead atoms. The minimum Gasteiger partial charge on any atom is -0.481 e. The summed E-state index contributed by atoms with van der Waals surface area (Å²) >= 11 is 3.13. The Kier molecular flexibility index (Phi) is 21.0. The predicted molar refractivity (Wildman–Crippen MR) is 112 cm³/mol. The van der Waals surface area contributed by atoms with E-state index in [2.05, 4.69) is 35.7 Å². The minimum absolute atomic E-state index is 0.103. The Bertz CT molecular complexity index is 447. The van der Waals surface area contributed by atoms with E-state index >= 15 is 0 Å². The lowest BCUT2D eigenvalue weighted by molar-refractivity contribution is -0.156. The molecule has 9 heteroatoms. The predicted octanol–water partition coefficient (Wildman–Crippen LogP) is 2.11. The van der Waals surface area contributed by atoms with Crippen LogP contribution in [0.25, 0.3) is 0 Å². The maximum absolute atomic E-state index is 11.0. The summed E-state index contributed by atoms with van der Waals surface area (Å²) in [6.07, 6.45) is 4.94. The molecule has 0 atom stereocenters. The van der Waals surface area contributed by atoms with Gasteiger partial charge in [0.2, 0.25) is 0 Å². The van der Waals surface area contributed by atoms with Crippen molar-refractivity contribution in [3.8, 4) is 0 Å². The Morgan fingerprint density at radius 1 is 0.857 bits per heavy atom. The van der Waals surface area contributed by atoms with E-state index in [9.17, 15) is 9.59 Å². The zero-order valence-corrected chi connectivity index (χ0v) is 18.2. The first-order valence-corrected chi connectivity index (χ1v) is 9.40. The third-order valence-corrected chi connectivity index (χ3v) is 3.61. The fourth-order valence-corrected chi connectivity index (χ4v) is 1.09. The standard InChI is InChI=1S/C11H18O4.C5H10O4.C3H5Br/c1-4-6-14-8-11(3,10(12)13)9-15-7-5-2;1-5(2-6,3-7)4(8)9;1-2-3-4/h4-5H,1-2,6-9H2,3H3,(H,12,13);6-7H,2-3H2,1H3,(H,8,9);2H,1,3H2. The quantitative estimate of drug-likeness (QED) is 0.183. The van der Waals surface area contributed by atoms with Crippen molar-refractivity contribution in [2.75, 3.05) is 45.0 Å². The number of aliphatic hydroxyl groups excluding tert-OH is 2. The van der Waals surface area contributed by atoms with Crippen LogP contribution in [0.1, 0.15) is 13.8 Å². The smallest absolute Gasteiger partial charge is 0.314 e. The largest absolute Gasteiger partial charge is 0.481 e. The van der Waals surface area contributed by atoms with Crippen molar-refractivity contribution in [3.63, 3.8) is 0 Å². The van der Waals surface area contributed by atoms with Gasteiger partial charge in [0.05, 0.1) is 39.6 Å². The van der Waals surface area contributed by atoms with Crippen molar-refractivity contribution in [1.82, 2.24) is 0 Å². The van der Waals surface area contributed by atoms with E-state index in [0.29, 0.717) is 13.2 Å². The van der Waals surface area contributed by atoms with Crippen LogP contribution in [0, 0.1) is 10.8 Å². The molecule has 8 nitrogen and oxygen atoms in total. The molecule has 0 rings (SSSR count). The first-order chi connectivity index (χ1) is 13.0. The fourth-order valence-electron chi connectivity index (χ4n) is 1.09. The molecule has 0 spiro atoms. The molecule has 0 heterocycles. The average molecular weight is 469 g/mol. The molecule has 4 N–H and O–H groups in total. The molecule has 0 saturated carbocycles. The highest BCUT2D eigenvalue weighted by Gasteiger charge is 2.34. The molecular formula is C19H33BrO8. The van der Waals surface area contributed by atoms with Crippen LogP contribution in [0.2, 0.25) is 0 Å². The van der Waals surface area contributed by atoms with Crippen molar-refractivity contribution in [3.05, 3.63) is 38.0 Å². The summed E-state index contributed by atoms with van der Waals surface area (Å²) < 4.78 is 10.3. The maximum Gasteiger partial charge on any atom is 0.314 e. The minimum atomic E-state index is -1.39. The van der Waals surface area contributed by atoms with Crippen LogP contribution >= 0.6 is 15.9 Å². The summed E-state index contributed by atoms with van der Waals surface area (Å²) in [6, 6.07) is 0. The molecular weight excluding hydrogens is 436 g/mol. The molecule has 0 aliphatic carbocycles. The molecule has 0 aliphatic rings. The van der Waals surface area contributed by atoms with Gasteiger partial charge < -0.3 is 29.9 Å². The number of ether oxygens (including phenoxy) is 2. The summed E-state index contributed by atoms with van der Waals surface area (Å²) in [6.45, 7) is 13.1. The summed E-state index contributed by atoms with van der Waals surface area (Å²) in [4.78, 5) is 21.2. The first-order valence-electron chi connectivity index (χ1n) is 8.27. The lowest BCUT2D eigenvalue weighted by Crippen LogP contribution is -2.37. The van der Waals surface area contributed by atoms with E-state index in [0.717, 1.165) is 5.33 Å². The van der Waals surface area contributed by atoms with Gasteiger partial charge in [0.15, 0.2) is 0 Å². The van der Waals surface area contributed by atoms with E-state index in [-0.39, 0.29) is 13.2 Å². The average Bonchev–Trinajstić information content (AvgIpc) is 2.68. The van der Waals surface area contributed by atoms with Crippen molar-refractivity contribution < 1.29 is 39.5 Å². The van der Waals surface area contributed by atoms with Crippen LogP contribution in [0.4, 0.5) is 0 Å². The number of aliphatic hydroxyl groups is 2. The number of hydrogen-bond acceptors (Lipinski definition) is 6. The van der Waals surface area contributed by atoms with Gasteiger partial charge in [0.1, 0.15) is 10.8 Å². The Hall–Kier alpha value is -1.52. The van der Waals surface area contributed by atoms with E-state index in [4.69, 9.17) is 29.9 Å². The van der Waals surface area contributed by atoms with Crippen LogP contribution in [0.5, 0.6) is 0 Å². The Morgan fingerprint density at radius 3 is 1.32 bits per heavy atom. The number of carboxylic acid groups (broad SMARTS) is 2. The number of alkyl halides is 1. The maximum atomic E-state index is 11.0. The molecule has 0 aromatic rings. The second-order valence-corrected chi connectivity index (χ2v) is 6.75. The van der Waals surface area contributed by atoms with E-state index in [1.54, 1.807) is 25.2 Å². The highest BCUT2D eigenvalue weighted by Crippen LogP contribution is 2.18. The number of carboxylic acids is 2. The molecule has 0 aliphatic heterocycles. The Labute approximate surface area is 175 Å². The third-order valence-electron chi connectivity index (χ3n) is 3.15. The van der Waals surface area contributed by atoms with E-state index in [1.807, 2.05) is 0 Å². The van der Waals surface area contributed by atoms with Crippen molar-refractivity contribution in [1.29, 1.82) is 0 Å². The highest BCUT2D eigenvalue weighted by atomic mass is 79.9. The summed E-state index contributed by atoms with van der Waals surface area (Å²) in [7, 11) is 0. The normalized spacial score (nSPS) is 10.5. The topological polar surface area (TPSA) is 134 Å². The van der Waals surface area contributed by atoms with Crippen LogP contribution in [0.15, 0.2) is 38.0 Å². The number of allylic oxidation sites excluding steroid dienone is 1. The highest BCUT2D eigenvalue weighted by molar-refractivity contribution is 9.09. The van der Waals surface area contributed by atoms with Crippen LogP contribution in [0.3, 0.4) is 0 Å². The number of rotatable bonds is 13. The van der Waals surface area contributed by atoms with Gasteiger partial charge >= 0.3 is 11.9 Å². The molecule has 164 valence electrons. The van der Waals surface area contributed by atoms with Gasteiger partial charge in [-0.05, 0) is 13.8 Å². The van der Waals surface area contributed by atoms with Crippen LogP contribution in [-0.4, -0.2) is 77.3 Å². The molecule has 0 amide bonds. The molecule has 0 saturated heterocycles. The lowest BCUT2D eigenvalue weighted by Gasteiger charge is -2.23. The number of halogens is 1. The third kappa shape index (κ3) is 15.5. The van der Waals surface area contributed by atoms with Gasteiger partial charge in [-0.15, -0.1) is 19.7 Å². The van der Waals surface area contributed by atoms with Crippen LogP contribution < -0.4 is 0 Å². The molecule has 0 fully saturated rings. The molecule has 0 unspecified atom stereocenters. The SMILES string of the molecule is C=CCBr.C=CCOCC(C)(COCC=C)C(=O)O.CC(CO)(CO)C(=O)O. The number of hydrogen-bond donors (Lipinski definition) is 4. The number of aliphatic carboxylic acids is 2. The van der Waals surface area contributed by atoms with Gasteiger partial charge in [-0.25, -0.2) is 0 Å². The Morgan fingerprint density at radius 2 is 1.18 bits per heavy atom. The van der Waals surface area contributed by atoms with Gasteiger partial charge in [-0.1, -0.05) is 34.2 Å². The second-order valence-electron chi connectivity index (χ2n) is 6.10. The van der Waals surface area contributed by atoms with Crippen molar-refractivity contribution in [2.24, 2.45) is 10.8 Å². The summed E-state index contributed by atoms with van der Waals surface area (Å²) in [5.74, 6) is -2.12. The van der Waals surface area contributed by atoms with Crippen LogP contribution in [-0.2, 0) is 19.1 Å². The van der Waals surface area contributed by atoms with Gasteiger partial charge in [-0.3, -0.25) is 9.59 Å². The zero-order chi connectivity index (χ0) is 22.6. The summed E-state index contributed by atoms with van der Waals surface area (Å²) in [5, 5.41) is 35.1. The molecule has 0 radical (unpaired) electrons. The van der Waals surface area contributed by atoms with Crippen molar-refractivity contribution >= 4 is 27.9 Å². The Balaban J connectivity index is -0.000000406. The lowest BCUT2D eigenvalue weighted by atomic mass is 9.93. The first kappa shape index (κ1) is 31.2. The summed E-state index contributed by atoms with van der Waals surface area (Å²) in [5.41, 5.74) is -2.41. The van der Waals surface area contributed by atoms with E-state index in [1.165, 1.54) is 6.92 Å². The molecule has 28 heavy (non-hydrogen) atoms. The number of carbonyl (C=O) groups is 2. The monoisotopic (exact) mass is 468 g/mol. The van der Waals surface area contributed by atoms with E-state index < -0.39 is 36.0 Å². The van der Waals surface area contributed by atoms with Gasteiger partial charge in [-0.2, -0.15) is 0 Å².